The lowest BCUT2D eigenvalue weighted by Gasteiger charge is -2.18. The van der Waals surface area contributed by atoms with Crippen LogP contribution in [0.3, 0.4) is 0 Å². The number of halogens is 2. The van der Waals surface area contributed by atoms with Gasteiger partial charge in [-0.15, -0.1) is 0 Å². The summed E-state index contributed by atoms with van der Waals surface area (Å²) < 4.78 is 31.7. The molecule has 0 aliphatic carbocycles. The van der Waals surface area contributed by atoms with Crippen LogP contribution >= 0.6 is 23.2 Å². The lowest BCUT2D eigenvalue weighted by atomic mass is 10.3. The second-order valence-electron chi connectivity index (χ2n) is 4.04. The Hall–Kier alpha value is -1.22. The number of benzene rings is 1. The SMILES string of the molecule is COC(=O)CCN(C)S(=O)(=O)Nc1cc(Cl)c(O)c(Cl)c1. The third-order valence-corrected chi connectivity index (χ3v) is 4.61. The van der Waals surface area contributed by atoms with E-state index < -0.39 is 16.2 Å². The van der Waals surface area contributed by atoms with Gasteiger partial charge in [-0.3, -0.25) is 9.52 Å². The Morgan fingerprint density at radius 2 is 1.90 bits per heavy atom. The Morgan fingerprint density at radius 3 is 2.38 bits per heavy atom. The molecule has 118 valence electrons. The molecule has 1 aromatic rings. The number of carbonyl (C=O) groups excluding carboxylic acids is 1. The molecular formula is C11H14Cl2N2O5S. The van der Waals surface area contributed by atoms with Crippen LogP contribution in [-0.4, -0.2) is 44.5 Å². The molecule has 0 aliphatic heterocycles. The van der Waals surface area contributed by atoms with Crippen LogP contribution in [0.1, 0.15) is 6.42 Å². The van der Waals surface area contributed by atoms with E-state index in [0.29, 0.717) is 0 Å². The Bertz CT molecular complexity index is 612. The number of nitrogens with zero attached hydrogens (tertiary/aromatic N) is 1. The van der Waals surface area contributed by atoms with Crippen LogP contribution in [-0.2, 0) is 19.7 Å². The summed E-state index contributed by atoms with van der Waals surface area (Å²) in [5.41, 5.74) is 0.0905. The molecule has 0 heterocycles. The van der Waals surface area contributed by atoms with E-state index in [2.05, 4.69) is 9.46 Å². The predicted molar refractivity (Wildman–Crippen MR) is 79.9 cm³/mol. The summed E-state index contributed by atoms with van der Waals surface area (Å²) in [6, 6.07) is 2.43. The van der Waals surface area contributed by atoms with Crippen LogP contribution < -0.4 is 4.72 Å². The van der Waals surface area contributed by atoms with Crippen molar-refractivity contribution in [3.8, 4) is 5.75 Å². The van der Waals surface area contributed by atoms with Gasteiger partial charge >= 0.3 is 16.2 Å². The number of phenols is 1. The number of ether oxygens (including phenoxy) is 1. The van der Waals surface area contributed by atoms with Gasteiger partial charge in [0.25, 0.3) is 0 Å². The summed E-state index contributed by atoms with van der Waals surface area (Å²) in [5.74, 6) is -0.854. The van der Waals surface area contributed by atoms with Gasteiger partial charge in [0, 0.05) is 13.6 Å². The predicted octanol–water partition coefficient (Wildman–Crippen LogP) is 1.85. The van der Waals surface area contributed by atoms with Crippen LogP contribution in [0.25, 0.3) is 0 Å². The van der Waals surface area contributed by atoms with Crippen molar-refractivity contribution in [1.82, 2.24) is 4.31 Å². The van der Waals surface area contributed by atoms with Crippen molar-refractivity contribution in [3.63, 3.8) is 0 Å². The van der Waals surface area contributed by atoms with Gasteiger partial charge in [0.1, 0.15) is 0 Å². The van der Waals surface area contributed by atoms with Gasteiger partial charge in [0.2, 0.25) is 0 Å². The summed E-state index contributed by atoms with van der Waals surface area (Å²) >= 11 is 11.4. The summed E-state index contributed by atoms with van der Waals surface area (Å²) in [4.78, 5) is 11.0. The molecule has 0 aromatic heterocycles. The molecule has 0 amide bonds. The van der Waals surface area contributed by atoms with Crippen LogP contribution in [0.2, 0.25) is 10.0 Å². The van der Waals surface area contributed by atoms with Crippen molar-refractivity contribution < 1.29 is 23.1 Å². The monoisotopic (exact) mass is 356 g/mol. The molecule has 2 N–H and O–H groups in total. The molecule has 10 heteroatoms. The fraction of sp³-hybridized carbons (Fsp3) is 0.364. The average molecular weight is 357 g/mol. The topological polar surface area (TPSA) is 95.9 Å². The number of hydrogen-bond acceptors (Lipinski definition) is 5. The van der Waals surface area contributed by atoms with Crippen LogP contribution in [0.15, 0.2) is 12.1 Å². The maximum atomic E-state index is 12.0. The van der Waals surface area contributed by atoms with Crippen molar-refractivity contribution in [2.45, 2.75) is 6.42 Å². The van der Waals surface area contributed by atoms with E-state index in [9.17, 15) is 18.3 Å². The zero-order chi connectivity index (χ0) is 16.2. The molecule has 0 saturated heterocycles. The minimum Gasteiger partial charge on any atom is -0.505 e. The van der Waals surface area contributed by atoms with E-state index in [1.54, 1.807) is 0 Å². The first-order valence-corrected chi connectivity index (χ1v) is 7.86. The number of aromatic hydroxyl groups is 1. The summed E-state index contributed by atoms with van der Waals surface area (Å²) in [6.45, 7) is -0.0540. The summed E-state index contributed by atoms with van der Waals surface area (Å²) in [7, 11) is -1.37. The minimum absolute atomic E-state index is 0.0540. The van der Waals surface area contributed by atoms with Crippen LogP contribution in [0.4, 0.5) is 5.69 Å². The van der Waals surface area contributed by atoms with Crippen LogP contribution in [0.5, 0.6) is 5.75 Å². The third kappa shape index (κ3) is 4.92. The Labute approximate surface area is 132 Å². The quantitative estimate of drug-likeness (QED) is 0.598. The second-order valence-corrected chi connectivity index (χ2v) is 6.64. The normalized spacial score (nSPS) is 11.5. The van der Waals surface area contributed by atoms with Gasteiger partial charge in [-0.05, 0) is 12.1 Å². The number of anilines is 1. The molecule has 0 saturated carbocycles. The standard InChI is InChI=1S/C11H14Cl2N2O5S/c1-15(4-3-10(16)20-2)21(18,19)14-7-5-8(12)11(17)9(13)6-7/h5-6,14,17H,3-4H2,1-2H3. The fourth-order valence-corrected chi connectivity index (χ4v) is 2.71. The highest BCUT2D eigenvalue weighted by atomic mass is 35.5. The zero-order valence-corrected chi connectivity index (χ0v) is 13.6. The minimum atomic E-state index is -3.89. The smallest absolute Gasteiger partial charge is 0.306 e. The lowest BCUT2D eigenvalue weighted by molar-refractivity contribution is -0.140. The van der Waals surface area contributed by atoms with Crippen molar-refractivity contribution in [2.24, 2.45) is 0 Å². The van der Waals surface area contributed by atoms with Gasteiger partial charge in [-0.2, -0.15) is 12.7 Å². The number of phenolic OH excluding ortho intramolecular Hbond substituents is 1. The molecule has 0 aliphatic rings. The largest absolute Gasteiger partial charge is 0.505 e. The highest BCUT2D eigenvalue weighted by Gasteiger charge is 2.19. The molecule has 0 radical (unpaired) electrons. The highest BCUT2D eigenvalue weighted by Crippen LogP contribution is 2.34. The van der Waals surface area contributed by atoms with E-state index in [1.165, 1.54) is 26.3 Å². The number of esters is 1. The van der Waals surface area contributed by atoms with E-state index in [0.717, 1.165) is 4.31 Å². The maximum Gasteiger partial charge on any atom is 0.306 e. The number of rotatable bonds is 6. The van der Waals surface area contributed by atoms with Crippen LogP contribution in [0, 0.1) is 0 Å². The first kappa shape index (κ1) is 17.8. The molecule has 7 nitrogen and oxygen atoms in total. The van der Waals surface area contributed by atoms with Crippen molar-refractivity contribution in [1.29, 1.82) is 0 Å². The molecule has 0 bridgehead atoms. The number of hydrogen-bond donors (Lipinski definition) is 2. The number of nitrogens with one attached hydrogen (secondary N) is 1. The summed E-state index contributed by atoms with van der Waals surface area (Å²) in [6.07, 6.45) is -0.0784. The molecule has 0 spiro atoms. The van der Waals surface area contributed by atoms with Gasteiger partial charge in [-0.1, -0.05) is 23.2 Å². The second kappa shape index (κ2) is 7.17. The lowest BCUT2D eigenvalue weighted by Crippen LogP contribution is -2.34. The van der Waals surface area contributed by atoms with E-state index in [-0.39, 0.29) is 34.4 Å². The molecule has 0 atom stereocenters. The Balaban J connectivity index is 2.83. The van der Waals surface area contributed by atoms with Crippen molar-refractivity contribution in [3.05, 3.63) is 22.2 Å². The van der Waals surface area contributed by atoms with Crippen molar-refractivity contribution in [2.75, 3.05) is 25.4 Å². The average Bonchev–Trinajstić information content (AvgIpc) is 2.40. The third-order valence-electron chi connectivity index (χ3n) is 2.53. The molecule has 1 aromatic carbocycles. The van der Waals surface area contributed by atoms with Gasteiger partial charge in [-0.25, -0.2) is 0 Å². The van der Waals surface area contributed by atoms with E-state index in [4.69, 9.17) is 23.2 Å². The van der Waals surface area contributed by atoms with Crippen molar-refractivity contribution >= 4 is 45.1 Å². The van der Waals surface area contributed by atoms with E-state index in [1.807, 2.05) is 0 Å². The number of carbonyl (C=O) groups is 1. The van der Waals surface area contributed by atoms with E-state index >= 15 is 0 Å². The van der Waals surface area contributed by atoms with Gasteiger partial charge in [0.05, 0.1) is 29.3 Å². The Kier molecular flexibility index (Phi) is 6.09. The number of methoxy groups -OCH3 is 1. The highest BCUT2D eigenvalue weighted by molar-refractivity contribution is 7.90. The summed E-state index contributed by atoms with van der Waals surface area (Å²) in [5, 5.41) is 9.24. The first-order valence-electron chi connectivity index (χ1n) is 5.66. The molecule has 0 fully saturated rings. The molecular weight excluding hydrogens is 343 g/mol. The molecule has 0 unspecified atom stereocenters. The maximum absolute atomic E-state index is 12.0. The zero-order valence-electron chi connectivity index (χ0n) is 11.3. The molecule has 1 rings (SSSR count). The van der Waals surface area contributed by atoms with Gasteiger partial charge < -0.3 is 9.84 Å². The first-order chi connectivity index (χ1) is 9.67. The molecule has 21 heavy (non-hydrogen) atoms. The fourth-order valence-electron chi connectivity index (χ4n) is 1.32. The Morgan fingerprint density at radius 1 is 1.38 bits per heavy atom. The van der Waals surface area contributed by atoms with Gasteiger partial charge in [0.15, 0.2) is 5.75 Å².